The van der Waals surface area contributed by atoms with Crippen molar-refractivity contribution in [2.24, 2.45) is 23.7 Å². The van der Waals surface area contributed by atoms with Crippen LogP contribution in [0.2, 0.25) is 0 Å². The summed E-state index contributed by atoms with van der Waals surface area (Å²) in [6.07, 6.45) is 14.3. The van der Waals surface area contributed by atoms with E-state index in [0.717, 1.165) is 47.8 Å². The van der Waals surface area contributed by atoms with Crippen molar-refractivity contribution in [2.75, 3.05) is 9.80 Å². The zero-order valence-electron chi connectivity index (χ0n) is 26.4. The Morgan fingerprint density at radius 2 is 0.622 bits per heavy atom. The fourth-order valence-corrected chi connectivity index (χ4v) is 15.5. The van der Waals surface area contributed by atoms with Crippen LogP contribution < -0.4 is 9.80 Å². The van der Waals surface area contributed by atoms with Crippen molar-refractivity contribution in [3.05, 3.63) is 109 Å². The molecule has 230 valence electrons. The van der Waals surface area contributed by atoms with Crippen LogP contribution in [-0.4, -0.2) is 24.2 Å². The molecule has 8 bridgehead atoms. The van der Waals surface area contributed by atoms with E-state index in [0.29, 0.717) is 0 Å². The molecule has 0 aromatic heterocycles. The van der Waals surface area contributed by atoms with Gasteiger partial charge in [0.05, 0.1) is 0 Å². The van der Waals surface area contributed by atoms with Crippen LogP contribution in [0.15, 0.2) is 129 Å². The molecule has 2 nitrogen and oxygen atoms in total. The lowest BCUT2D eigenvalue weighted by molar-refractivity contribution is 0.0899. The minimum absolute atomic E-state index is 0.750. The molecule has 8 aliphatic rings. The predicted octanol–water partition coefficient (Wildman–Crippen LogP) is 10.6. The Morgan fingerprint density at radius 1 is 0.333 bits per heavy atom. The molecule has 4 saturated heterocycles. The standard InChI is InChI=1S/C42H46N2S/c1-3-7-39(8-4-1)45(40-9-5-2-6-10-40,41-15-11-33(12-16-41)43-35-21-29-19-30(23-35)24-36(43)22-29)42-17-13-34(14-18-42)44-37-25-31-20-32(27-37)28-38(44)26-31/h1-18,29-32,35-38H,19-28H2. The van der Waals surface area contributed by atoms with Crippen molar-refractivity contribution in [3.63, 3.8) is 0 Å². The maximum Gasteiger partial charge on any atom is 0.0371 e. The number of hydrogen-bond donors (Lipinski definition) is 0. The maximum atomic E-state index is 2.84. The zero-order chi connectivity index (χ0) is 29.5. The van der Waals surface area contributed by atoms with E-state index in [2.05, 4.69) is 119 Å². The summed E-state index contributed by atoms with van der Waals surface area (Å²) in [4.78, 5) is 11.4. The van der Waals surface area contributed by atoms with E-state index in [9.17, 15) is 0 Å². The van der Waals surface area contributed by atoms with Gasteiger partial charge in [0.15, 0.2) is 0 Å². The first kappa shape index (κ1) is 27.0. The van der Waals surface area contributed by atoms with Gasteiger partial charge < -0.3 is 9.80 Å². The maximum absolute atomic E-state index is 2.84. The molecule has 0 amide bonds. The van der Waals surface area contributed by atoms with Gasteiger partial charge in [-0.1, -0.05) is 36.4 Å². The summed E-state index contributed by atoms with van der Waals surface area (Å²) in [5, 5.41) is 0. The lowest BCUT2D eigenvalue weighted by atomic mass is 9.63. The van der Waals surface area contributed by atoms with Crippen molar-refractivity contribution in [1.82, 2.24) is 0 Å². The predicted molar refractivity (Wildman–Crippen MR) is 187 cm³/mol. The van der Waals surface area contributed by atoms with Crippen LogP contribution >= 0.6 is 10.0 Å². The molecule has 0 radical (unpaired) electrons. The van der Waals surface area contributed by atoms with Gasteiger partial charge in [0.2, 0.25) is 0 Å². The van der Waals surface area contributed by atoms with Crippen LogP contribution in [0.5, 0.6) is 0 Å². The average Bonchev–Trinajstić information content (AvgIpc) is 3.06. The molecule has 45 heavy (non-hydrogen) atoms. The Labute approximate surface area is 271 Å². The second-order valence-electron chi connectivity index (χ2n) is 15.5. The summed E-state index contributed by atoms with van der Waals surface area (Å²) in [6, 6.07) is 45.8. The van der Waals surface area contributed by atoms with Gasteiger partial charge in [-0.2, -0.15) is 0 Å². The molecule has 4 aliphatic carbocycles. The summed E-state index contributed by atoms with van der Waals surface area (Å²) in [5.41, 5.74) is 2.90. The molecule has 4 aromatic rings. The Hall–Kier alpha value is -3.17. The molecular formula is C42H46N2S. The van der Waals surface area contributed by atoms with E-state index in [1.54, 1.807) is 0 Å². The minimum Gasteiger partial charge on any atom is -0.366 e. The molecule has 0 N–H and O–H groups in total. The van der Waals surface area contributed by atoms with Crippen molar-refractivity contribution >= 4 is 21.4 Å². The van der Waals surface area contributed by atoms with Gasteiger partial charge in [0.1, 0.15) is 0 Å². The van der Waals surface area contributed by atoms with Crippen LogP contribution in [0.25, 0.3) is 0 Å². The molecule has 4 aliphatic heterocycles. The second kappa shape index (κ2) is 10.4. The summed E-state index contributed by atoms with van der Waals surface area (Å²) in [6.45, 7) is 0. The van der Waals surface area contributed by atoms with E-state index in [1.807, 2.05) is 0 Å². The van der Waals surface area contributed by atoms with Crippen molar-refractivity contribution in [2.45, 2.75) is 108 Å². The van der Waals surface area contributed by atoms with E-state index in [4.69, 9.17) is 0 Å². The molecular weight excluding hydrogens is 565 g/mol. The second-order valence-corrected chi connectivity index (χ2v) is 18.6. The first-order valence-electron chi connectivity index (χ1n) is 17.9. The van der Waals surface area contributed by atoms with E-state index < -0.39 is 10.0 Å². The third-order valence-electron chi connectivity index (χ3n) is 12.9. The molecule has 8 fully saturated rings. The first-order chi connectivity index (χ1) is 22.2. The van der Waals surface area contributed by atoms with Gasteiger partial charge in [-0.15, -0.1) is 10.0 Å². The third kappa shape index (κ3) is 4.22. The normalized spacial score (nSPS) is 33.2. The molecule has 4 heterocycles. The minimum atomic E-state index is -1.68. The fraction of sp³-hybridized carbons (Fsp3) is 0.429. The highest BCUT2D eigenvalue weighted by Crippen LogP contribution is 2.73. The van der Waals surface area contributed by atoms with Crippen molar-refractivity contribution in [1.29, 1.82) is 0 Å². The Bertz CT molecular complexity index is 1480. The summed E-state index contributed by atoms with van der Waals surface area (Å²) < 4.78 is 0. The topological polar surface area (TPSA) is 6.48 Å². The summed E-state index contributed by atoms with van der Waals surface area (Å²) in [7, 11) is -1.68. The average molecular weight is 611 g/mol. The first-order valence-corrected chi connectivity index (χ1v) is 19.6. The highest BCUT2D eigenvalue weighted by atomic mass is 32.3. The van der Waals surface area contributed by atoms with E-state index >= 15 is 0 Å². The number of anilines is 2. The van der Waals surface area contributed by atoms with Crippen LogP contribution in [0, 0.1) is 23.7 Å². The lowest BCUT2D eigenvalue weighted by Gasteiger charge is -2.57. The quantitative estimate of drug-likeness (QED) is 0.214. The Morgan fingerprint density at radius 3 is 0.933 bits per heavy atom. The lowest BCUT2D eigenvalue weighted by Crippen LogP contribution is -2.58. The SMILES string of the molecule is c1ccc(S(c2ccccc2)(c2ccc(N3C4CC5CC(C4)CC3C5)cc2)c2ccc(N3C4CC5CC(C4)CC3C5)cc2)cc1. The third-order valence-corrected chi connectivity index (χ3v) is 16.8. The van der Waals surface area contributed by atoms with Crippen LogP contribution in [-0.2, 0) is 0 Å². The molecule has 4 aromatic carbocycles. The van der Waals surface area contributed by atoms with Gasteiger partial charge in [0, 0.05) is 55.1 Å². The van der Waals surface area contributed by atoms with Crippen molar-refractivity contribution < 1.29 is 0 Å². The molecule has 0 spiro atoms. The van der Waals surface area contributed by atoms with E-state index in [-0.39, 0.29) is 0 Å². The molecule has 4 saturated carbocycles. The van der Waals surface area contributed by atoms with Gasteiger partial charge in [-0.05, 0) is 161 Å². The zero-order valence-corrected chi connectivity index (χ0v) is 27.2. The van der Waals surface area contributed by atoms with Gasteiger partial charge >= 0.3 is 0 Å². The summed E-state index contributed by atoms with van der Waals surface area (Å²) in [5.74, 6) is 3.92. The smallest absolute Gasteiger partial charge is 0.0371 e. The van der Waals surface area contributed by atoms with Crippen LogP contribution in [0.4, 0.5) is 11.4 Å². The van der Waals surface area contributed by atoms with Gasteiger partial charge in [-0.25, -0.2) is 0 Å². The fourth-order valence-electron chi connectivity index (χ4n) is 11.6. The Kier molecular flexibility index (Phi) is 6.25. The van der Waals surface area contributed by atoms with Crippen molar-refractivity contribution in [3.8, 4) is 0 Å². The van der Waals surface area contributed by atoms with Crippen LogP contribution in [0.3, 0.4) is 0 Å². The Balaban J connectivity index is 1.08. The molecule has 12 rings (SSSR count). The molecule has 0 atom stereocenters. The number of hydrogen-bond acceptors (Lipinski definition) is 2. The largest absolute Gasteiger partial charge is 0.366 e. The van der Waals surface area contributed by atoms with Crippen LogP contribution in [0.1, 0.15) is 64.2 Å². The highest BCUT2D eigenvalue weighted by molar-refractivity contribution is 8.34. The van der Waals surface area contributed by atoms with Gasteiger partial charge in [0.25, 0.3) is 0 Å². The molecule has 0 unspecified atom stereocenters. The molecule has 3 heteroatoms. The van der Waals surface area contributed by atoms with E-state index in [1.165, 1.54) is 95.2 Å². The number of piperidine rings is 4. The number of rotatable bonds is 6. The summed E-state index contributed by atoms with van der Waals surface area (Å²) >= 11 is 0. The number of nitrogens with zero attached hydrogens (tertiary/aromatic N) is 2. The highest BCUT2D eigenvalue weighted by Gasteiger charge is 2.48. The number of benzene rings is 4. The monoisotopic (exact) mass is 610 g/mol. The van der Waals surface area contributed by atoms with Gasteiger partial charge in [-0.3, -0.25) is 0 Å².